The van der Waals surface area contributed by atoms with Crippen LogP contribution in [0.5, 0.6) is 0 Å². The number of carbonyl (C=O) groups excluding carboxylic acids is 3. The van der Waals surface area contributed by atoms with Crippen molar-refractivity contribution >= 4 is 17.9 Å². The summed E-state index contributed by atoms with van der Waals surface area (Å²) in [6, 6.07) is 0. The molecule has 1 atom stereocenters. The molecule has 0 aliphatic carbocycles. The van der Waals surface area contributed by atoms with Crippen LogP contribution >= 0.6 is 0 Å². The van der Waals surface area contributed by atoms with Crippen molar-refractivity contribution in [3.8, 4) is 0 Å². The minimum Gasteiger partial charge on any atom is -0.462 e. The van der Waals surface area contributed by atoms with Crippen LogP contribution < -0.4 is 0 Å². The third-order valence-corrected chi connectivity index (χ3v) is 14.6. The molecule has 0 heterocycles. The molecule has 1 unspecified atom stereocenters. The van der Waals surface area contributed by atoms with Crippen LogP contribution in [0.1, 0.15) is 355 Å². The molecule has 6 heteroatoms. The molecule has 428 valence electrons. The maximum Gasteiger partial charge on any atom is 0.306 e. The van der Waals surface area contributed by atoms with E-state index in [9.17, 15) is 14.4 Å². The predicted molar refractivity (Wildman–Crippen MR) is 316 cm³/mol. The molecular weight excluding hydrogens is 901 g/mol. The number of allylic oxidation sites excluding steroid dienone is 6. The van der Waals surface area contributed by atoms with Gasteiger partial charge in [0.2, 0.25) is 0 Å². The number of carbonyl (C=O) groups is 3. The summed E-state index contributed by atoms with van der Waals surface area (Å²) in [6.45, 7) is 6.59. The third-order valence-electron chi connectivity index (χ3n) is 14.6. The van der Waals surface area contributed by atoms with Gasteiger partial charge in [0.05, 0.1) is 0 Å². The van der Waals surface area contributed by atoms with E-state index in [4.69, 9.17) is 14.2 Å². The first-order valence-electron chi connectivity index (χ1n) is 32.5. The summed E-state index contributed by atoms with van der Waals surface area (Å²) in [6.07, 6.45) is 76.4. The highest BCUT2D eigenvalue weighted by molar-refractivity contribution is 5.71. The molecular formula is C67H124O6. The first kappa shape index (κ1) is 70.6. The number of esters is 3. The summed E-state index contributed by atoms with van der Waals surface area (Å²) in [4.78, 5) is 38.0. The second-order valence-electron chi connectivity index (χ2n) is 22.0. The van der Waals surface area contributed by atoms with Gasteiger partial charge in [0.1, 0.15) is 13.2 Å². The van der Waals surface area contributed by atoms with Crippen molar-refractivity contribution in [2.45, 2.75) is 361 Å². The molecule has 0 bridgehead atoms. The van der Waals surface area contributed by atoms with Crippen molar-refractivity contribution in [3.63, 3.8) is 0 Å². The Bertz CT molecular complexity index is 1220. The average molecular weight is 1030 g/mol. The summed E-state index contributed by atoms with van der Waals surface area (Å²) in [5.41, 5.74) is 0. The van der Waals surface area contributed by atoms with Gasteiger partial charge in [-0.25, -0.2) is 0 Å². The maximum atomic E-state index is 12.8. The fourth-order valence-electron chi connectivity index (χ4n) is 9.75. The highest BCUT2D eigenvalue weighted by Gasteiger charge is 2.19. The highest BCUT2D eigenvalue weighted by atomic mass is 16.6. The molecule has 0 amide bonds. The van der Waals surface area contributed by atoms with Gasteiger partial charge in [-0.1, -0.05) is 314 Å². The lowest BCUT2D eigenvalue weighted by atomic mass is 10.0. The van der Waals surface area contributed by atoms with Crippen LogP contribution in [-0.2, 0) is 28.6 Å². The molecule has 0 rings (SSSR count). The fraction of sp³-hybridized carbons (Fsp3) is 0.866. The van der Waals surface area contributed by atoms with Crippen molar-refractivity contribution in [2.24, 2.45) is 0 Å². The Kier molecular flexibility index (Phi) is 60.2. The SMILES string of the molecule is CCCCC/C=C\C/C=C\C/C=C\CCCCCCCCC(=O)OC(COC(=O)CCCCCCCC)COC(=O)CCCCCCCCCCCCCCCCCCCCCCCCCCCCCCCC. The largest absolute Gasteiger partial charge is 0.462 e. The molecule has 0 aromatic carbocycles. The molecule has 0 saturated heterocycles. The van der Waals surface area contributed by atoms with E-state index in [0.717, 1.165) is 77.0 Å². The second kappa shape index (κ2) is 62.2. The molecule has 0 aliphatic heterocycles. The number of unbranched alkanes of at least 4 members (excludes halogenated alkanes) is 43. The van der Waals surface area contributed by atoms with Gasteiger partial charge in [0.25, 0.3) is 0 Å². The fourth-order valence-corrected chi connectivity index (χ4v) is 9.75. The highest BCUT2D eigenvalue weighted by Crippen LogP contribution is 2.18. The van der Waals surface area contributed by atoms with Crippen molar-refractivity contribution in [1.29, 1.82) is 0 Å². The van der Waals surface area contributed by atoms with Gasteiger partial charge in [-0.2, -0.15) is 0 Å². The van der Waals surface area contributed by atoms with Gasteiger partial charge < -0.3 is 14.2 Å². The zero-order valence-corrected chi connectivity index (χ0v) is 49.2. The molecule has 0 spiro atoms. The van der Waals surface area contributed by atoms with E-state index < -0.39 is 6.10 Å². The molecule has 0 aliphatic rings. The van der Waals surface area contributed by atoms with E-state index in [-0.39, 0.29) is 31.1 Å². The summed E-state index contributed by atoms with van der Waals surface area (Å²) < 4.78 is 16.8. The molecule has 73 heavy (non-hydrogen) atoms. The van der Waals surface area contributed by atoms with Crippen LogP contribution in [-0.4, -0.2) is 37.2 Å². The molecule has 0 saturated carbocycles. The van der Waals surface area contributed by atoms with E-state index in [1.165, 1.54) is 238 Å². The van der Waals surface area contributed by atoms with Crippen molar-refractivity contribution in [3.05, 3.63) is 36.5 Å². The average Bonchev–Trinajstić information content (AvgIpc) is 3.39. The quantitative estimate of drug-likeness (QED) is 0.0261. The van der Waals surface area contributed by atoms with Crippen LogP contribution in [0.25, 0.3) is 0 Å². The summed E-state index contributed by atoms with van der Waals surface area (Å²) >= 11 is 0. The van der Waals surface area contributed by atoms with Crippen LogP contribution in [0.15, 0.2) is 36.5 Å². The molecule has 0 aromatic heterocycles. The Balaban J connectivity index is 3.99. The third kappa shape index (κ3) is 60.4. The Labute approximate surface area is 455 Å². The normalized spacial score (nSPS) is 12.2. The number of hydrogen-bond donors (Lipinski definition) is 0. The van der Waals surface area contributed by atoms with Gasteiger partial charge in [-0.3, -0.25) is 14.4 Å². The zero-order valence-electron chi connectivity index (χ0n) is 49.2. The summed E-state index contributed by atoms with van der Waals surface area (Å²) in [5, 5.41) is 0. The van der Waals surface area contributed by atoms with Crippen LogP contribution in [0.3, 0.4) is 0 Å². The van der Waals surface area contributed by atoms with E-state index in [1.807, 2.05) is 0 Å². The number of hydrogen-bond acceptors (Lipinski definition) is 6. The van der Waals surface area contributed by atoms with Crippen molar-refractivity contribution in [1.82, 2.24) is 0 Å². The van der Waals surface area contributed by atoms with Crippen molar-refractivity contribution < 1.29 is 28.6 Å². The smallest absolute Gasteiger partial charge is 0.306 e. The van der Waals surface area contributed by atoms with Gasteiger partial charge in [-0.05, 0) is 57.8 Å². The van der Waals surface area contributed by atoms with Crippen LogP contribution in [0.2, 0.25) is 0 Å². The predicted octanol–water partition coefficient (Wildman–Crippen LogP) is 22.0. The van der Waals surface area contributed by atoms with Gasteiger partial charge in [0.15, 0.2) is 6.10 Å². The van der Waals surface area contributed by atoms with Gasteiger partial charge >= 0.3 is 17.9 Å². The first-order valence-corrected chi connectivity index (χ1v) is 32.5. The first-order chi connectivity index (χ1) is 36.0. The standard InChI is InChI=1S/C67H124O6/c1-4-7-10-13-16-18-20-22-24-26-28-29-30-31-32-33-34-35-36-37-38-40-41-43-45-47-49-51-54-57-60-66(69)72-63-64(62-71-65(68)59-56-53-15-12-9-6-3)73-67(70)61-58-55-52-50-48-46-44-42-39-27-25-23-21-19-17-14-11-8-5-2/h17,19,23,25,39,42,64H,4-16,18,20-22,24,26-38,40-41,43-63H2,1-3H3/b19-17-,25-23-,42-39-. The summed E-state index contributed by atoms with van der Waals surface area (Å²) in [5.74, 6) is -0.877. The van der Waals surface area contributed by atoms with E-state index in [2.05, 4.69) is 57.2 Å². The van der Waals surface area contributed by atoms with E-state index >= 15 is 0 Å². The molecule has 0 N–H and O–H groups in total. The lowest BCUT2D eigenvalue weighted by Gasteiger charge is -2.18. The molecule has 0 fully saturated rings. The lowest BCUT2D eigenvalue weighted by Crippen LogP contribution is -2.30. The lowest BCUT2D eigenvalue weighted by molar-refractivity contribution is -0.167. The zero-order chi connectivity index (χ0) is 52.9. The summed E-state index contributed by atoms with van der Waals surface area (Å²) in [7, 11) is 0. The Morgan fingerprint density at radius 3 is 0.795 bits per heavy atom. The second-order valence-corrected chi connectivity index (χ2v) is 22.0. The molecule has 0 aromatic rings. The Morgan fingerprint density at radius 1 is 0.274 bits per heavy atom. The van der Waals surface area contributed by atoms with Crippen molar-refractivity contribution in [2.75, 3.05) is 13.2 Å². The van der Waals surface area contributed by atoms with Crippen LogP contribution in [0, 0.1) is 0 Å². The van der Waals surface area contributed by atoms with E-state index in [0.29, 0.717) is 19.3 Å². The van der Waals surface area contributed by atoms with Gasteiger partial charge in [-0.15, -0.1) is 0 Å². The minimum absolute atomic E-state index is 0.0737. The Hall–Kier alpha value is -2.37. The van der Waals surface area contributed by atoms with Crippen LogP contribution in [0.4, 0.5) is 0 Å². The molecule has 6 nitrogen and oxygen atoms in total. The number of ether oxygens (including phenoxy) is 3. The minimum atomic E-state index is -0.774. The van der Waals surface area contributed by atoms with E-state index in [1.54, 1.807) is 0 Å². The topological polar surface area (TPSA) is 78.9 Å². The molecule has 0 radical (unpaired) electrons. The van der Waals surface area contributed by atoms with Gasteiger partial charge in [0, 0.05) is 19.3 Å². The monoisotopic (exact) mass is 1020 g/mol. The number of rotatable bonds is 60. The Morgan fingerprint density at radius 2 is 0.493 bits per heavy atom. The maximum absolute atomic E-state index is 12.8.